The highest BCUT2D eigenvalue weighted by Crippen LogP contribution is 2.41. The number of esters is 1. The van der Waals surface area contributed by atoms with Crippen molar-refractivity contribution in [2.45, 2.75) is 45.6 Å². The summed E-state index contributed by atoms with van der Waals surface area (Å²) in [5, 5.41) is 3.03. The highest BCUT2D eigenvalue weighted by molar-refractivity contribution is 6.09. The average Bonchev–Trinajstić information content (AvgIpc) is 3.99. The Balaban J connectivity index is 1.15. The normalized spacial score (nSPS) is 16.4. The number of piperazine rings is 1. The maximum Gasteiger partial charge on any atom is 0.302 e. The molecule has 2 heterocycles. The van der Waals surface area contributed by atoms with Crippen molar-refractivity contribution in [3.8, 4) is 0 Å². The molecule has 0 unspecified atom stereocenters. The number of carbonyl (C=O) groups excluding carboxylic acids is 4. The van der Waals surface area contributed by atoms with Crippen LogP contribution in [0.15, 0.2) is 79.1 Å². The first kappa shape index (κ1) is 35.4. The summed E-state index contributed by atoms with van der Waals surface area (Å²) >= 11 is 0. The summed E-state index contributed by atoms with van der Waals surface area (Å²) < 4.78 is 5.44. The number of rotatable bonds is 11. The number of hydrogen-bond acceptors (Lipinski definition) is 8. The van der Waals surface area contributed by atoms with Crippen LogP contribution in [-0.4, -0.2) is 84.7 Å². The van der Waals surface area contributed by atoms with Gasteiger partial charge in [-0.25, -0.2) is 0 Å². The molecule has 266 valence electrons. The highest BCUT2D eigenvalue weighted by Gasteiger charge is 2.31. The number of nitrogens with two attached hydrogens (primary N) is 1. The van der Waals surface area contributed by atoms with Gasteiger partial charge in [-0.1, -0.05) is 37.8 Å². The van der Waals surface area contributed by atoms with Crippen molar-refractivity contribution >= 4 is 40.8 Å². The van der Waals surface area contributed by atoms with Gasteiger partial charge in [-0.3, -0.25) is 19.2 Å². The van der Waals surface area contributed by atoms with Crippen LogP contribution in [0.4, 0.5) is 11.4 Å². The number of carbonyl (C=O) groups is 4. The molecule has 3 aromatic carbocycles. The summed E-state index contributed by atoms with van der Waals surface area (Å²) in [5.41, 5.74) is 12.9. The third-order valence-electron chi connectivity index (χ3n) is 9.88. The lowest BCUT2D eigenvalue weighted by atomic mass is 9.93. The van der Waals surface area contributed by atoms with E-state index in [0.29, 0.717) is 65.6 Å². The predicted molar refractivity (Wildman–Crippen MR) is 198 cm³/mol. The maximum absolute atomic E-state index is 13.8. The number of ether oxygens (including phenoxy) is 1. The lowest BCUT2D eigenvalue weighted by Crippen LogP contribution is -2.48. The molecule has 0 atom stereocenters. The number of nitrogens with zero attached hydrogens (tertiary/aromatic N) is 4. The van der Waals surface area contributed by atoms with Crippen LogP contribution in [0.2, 0.25) is 0 Å². The molecule has 1 aliphatic carbocycles. The summed E-state index contributed by atoms with van der Waals surface area (Å²) in [4.78, 5) is 59.3. The van der Waals surface area contributed by atoms with Crippen molar-refractivity contribution in [1.82, 2.24) is 14.7 Å². The van der Waals surface area contributed by atoms with Crippen LogP contribution in [0.3, 0.4) is 0 Å². The third-order valence-corrected chi connectivity index (χ3v) is 9.88. The zero-order valence-corrected chi connectivity index (χ0v) is 29.6. The van der Waals surface area contributed by atoms with Gasteiger partial charge in [-0.15, -0.1) is 0 Å². The van der Waals surface area contributed by atoms with Crippen LogP contribution < -0.4 is 16.0 Å². The zero-order chi connectivity index (χ0) is 36.2. The molecule has 1 saturated carbocycles. The fraction of sp³-hybridized carbons (Fsp3) is 0.350. The van der Waals surface area contributed by atoms with Crippen molar-refractivity contribution in [3.05, 3.63) is 113 Å². The molecule has 0 bridgehead atoms. The number of nitrogens with one attached hydrogen (secondary N) is 1. The number of anilines is 2. The molecular formula is C40H46N6O5. The van der Waals surface area contributed by atoms with Crippen molar-refractivity contribution in [1.29, 1.82) is 0 Å². The van der Waals surface area contributed by atoms with Gasteiger partial charge in [0.2, 0.25) is 0 Å². The Labute approximate surface area is 299 Å². The Morgan fingerprint density at radius 3 is 2.41 bits per heavy atom. The monoisotopic (exact) mass is 690 g/mol. The van der Waals surface area contributed by atoms with Gasteiger partial charge in [0.15, 0.2) is 0 Å². The molecule has 1 saturated heterocycles. The Hall–Kier alpha value is -5.42. The molecule has 11 nitrogen and oxygen atoms in total. The first-order valence-electron chi connectivity index (χ1n) is 17.6. The molecular weight excluding hydrogens is 644 g/mol. The Morgan fingerprint density at radius 1 is 1.02 bits per heavy atom. The van der Waals surface area contributed by atoms with Crippen molar-refractivity contribution in [2.24, 2.45) is 5.73 Å². The van der Waals surface area contributed by atoms with Crippen molar-refractivity contribution in [2.75, 3.05) is 56.5 Å². The average molecular weight is 691 g/mol. The summed E-state index contributed by atoms with van der Waals surface area (Å²) in [5.74, 6) is -0.435. The minimum absolute atomic E-state index is 0.0124. The molecule has 2 aliphatic heterocycles. The number of hydrogen-bond donors (Lipinski definition) is 2. The van der Waals surface area contributed by atoms with E-state index in [1.807, 2.05) is 17.0 Å². The van der Waals surface area contributed by atoms with Gasteiger partial charge in [0.25, 0.3) is 17.7 Å². The lowest BCUT2D eigenvalue weighted by Gasteiger charge is -2.34. The number of amides is 3. The fourth-order valence-electron chi connectivity index (χ4n) is 6.76. The van der Waals surface area contributed by atoms with Gasteiger partial charge in [0, 0.05) is 80.8 Å². The standard InChI is InChI=1S/C40H46N6O5/c1-5-44-19-21-45(22-20-44)39(49)29-11-14-32(15-12-29)42-26(2)38(48)43(4)24-36(41)34-7-6-8-37(35(34)25-51-27(3)47)46-18-17-31-23-30(28-9-10-28)13-16-33(31)40(46)50/h6-8,11-16,23-24,28,42H,2,5,9-10,17-22,25,41H2,1,3-4H3/b36-24-. The minimum atomic E-state index is -0.469. The van der Waals surface area contributed by atoms with E-state index in [0.717, 1.165) is 25.2 Å². The van der Waals surface area contributed by atoms with Crippen molar-refractivity contribution in [3.63, 3.8) is 0 Å². The minimum Gasteiger partial charge on any atom is -0.461 e. The molecule has 3 N–H and O–H groups in total. The molecule has 0 aromatic heterocycles. The largest absolute Gasteiger partial charge is 0.461 e. The second-order valence-corrected chi connectivity index (χ2v) is 13.4. The smallest absolute Gasteiger partial charge is 0.302 e. The van der Waals surface area contributed by atoms with E-state index >= 15 is 0 Å². The second-order valence-electron chi connectivity index (χ2n) is 13.4. The highest BCUT2D eigenvalue weighted by atomic mass is 16.5. The molecule has 3 aliphatic rings. The van der Waals surface area contributed by atoms with Crippen LogP contribution in [-0.2, 0) is 27.4 Å². The van der Waals surface area contributed by atoms with Gasteiger partial charge < -0.3 is 35.4 Å². The van der Waals surface area contributed by atoms with Gasteiger partial charge >= 0.3 is 5.97 Å². The van der Waals surface area contributed by atoms with E-state index in [4.69, 9.17) is 10.5 Å². The Bertz CT molecular complexity index is 1870. The summed E-state index contributed by atoms with van der Waals surface area (Å²) in [6.07, 6.45) is 4.57. The van der Waals surface area contributed by atoms with Crippen LogP contribution in [0.25, 0.3) is 5.70 Å². The zero-order valence-electron chi connectivity index (χ0n) is 29.6. The SMILES string of the molecule is C=C(Nc1ccc(C(=O)N2CCN(CC)CC2)cc1)C(=O)N(C)/C=C(\N)c1cccc(N2CCc3cc(C4CC4)ccc3C2=O)c1COC(C)=O. The van der Waals surface area contributed by atoms with E-state index in [-0.39, 0.29) is 29.8 Å². The molecule has 3 aromatic rings. The first-order chi connectivity index (χ1) is 24.5. The predicted octanol–water partition coefficient (Wildman–Crippen LogP) is 4.95. The van der Waals surface area contributed by atoms with Crippen LogP contribution >= 0.6 is 0 Å². The number of benzene rings is 3. The number of likely N-dealkylation sites (N-methyl/N-ethyl adjacent to an activating group) is 2. The van der Waals surface area contributed by atoms with Gasteiger partial charge in [0.1, 0.15) is 6.61 Å². The quantitative estimate of drug-likeness (QED) is 0.214. The molecule has 2 fully saturated rings. The number of fused-ring (bicyclic) bond motifs is 1. The Morgan fingerprint density at radius 2 is 1.75 bits per heavy atom. The molecule has 11 heteroatoms. The molecule has 6 rings (SSSR count). The van der Waals surface area contributed by atoms with Crippen LogP contribution in [0.1, 0.15) is 75.6 Å². The van der Waals surface area contributed by atoms with Crippen molar-refractivity contribution < 1.29 is 23.9 Å². The van der Waals surface area contributed by atoms with E-state index in [1.165, 1.54) is 36.4 Å². The third kappa shape index (κ3) is 7.99. The molecule has 51 heavy (non-hydrogen) atoms. The summed E-state index contributed by atoms with van der Waals surface area (Å²) in [6.45, 7) is 11.8. The second kappa shape index (κ2) is 15.2. The van der Waals surface area contributed by atoms with E-state index in [1.54, 1.807) is 48.3 Å². The van der Waals surface area contributed by atoms with Crippen LogP contribution in [0.5, 0.6) is 0 Å². The van der Waals surface area contributed by atoms with Gasteiger partial charge in [0.05, 0.1) is 17.1 Å². The molecule has 0 spiro atoms. The van der Waals surface area contributed by atoms with E-state index in [9.17, 15) is 19.2 Å². The maximum atomic E-state index is 13.8. The fourth-order valence-corrected chi connectivity index (χ4v) is 6.76. The molecule has 0 radical (unpaired) electrons. The lowest BCUT2D eigenvalue weighted by molar-refractivity contribution is -0.142. The summed E-state index contributed by atoms with van der Waals surface area (Å²) in [7, 11) is 1.57. The topological polar surface area (TPSA) is 129 Å². The van der Waals surface area contributed by atoms with Gasteiger partial charge in [-0.2, -0.15) is 0 Å². The molecule has 3 amide bonds. The van der Waals surface area contributed by atoms with Gasteiger partial charge in [-0.05, 0) is 79.3 Å². The summed E-state index contributed by atoms with van der Waals surface area (Å²) in [6, 6.07) is 18.5. The Kier molecular flexibility index (Phi) is 10.6. The van der Waals surface area contributed by atoms with E-state index in [2.05, 4.69) is 35.9 Å². The first-order valence-corrected chi connectivity index (χ1v) is 17.6. The van der Waals surface area contributed by atoms with Crippen LogP contribution in [0, 0.1) is 0 Å². The van der Waals surface area contributed by atoms with E-state index < -0.39 is 11.9 Å².